The van der Waals surface area contributed by atoms with E-state index in [-0.39, 0.29) is 26.1 Å². The van der Waals surface area contributed by atoms with E-state index in [0.717, 1.165) is 44.9 Å². The Morgan fingerprint density at radius 3 is 1.48 bits per heavy atom. The van der Waals surface area contributed by atoms with Crippen LogP contribution < -0.4 is 0 Å². The van der Waals surface area contributed by atoms with Crippen LogP contribution >= 0.6 is 7.82 Å². The van der Waals surface area contributed by atoms with Gasteiger partial charge >= 0.3 is 19.8 Å². The molecule has 0 aromatic carbocycles. The van der Waals surface area contributed by atoms with Gasteiger partial charge < -0.3 is 18.9 Å². The molecule has 0 aliphatic heterocycles. The molecule has 0 spiro atoms. The molecule has 0 bridgehead atoms. The fourth-order valence-electron chi connectivity index (χ4n) is 6.41. The van der Waals surface area contributed by atoms with Gasteiger partial charge in [-0.15, -0.1) is 0 Å². The van der Waals surface area contributed by atoms with E-state index in [1.54, 1.807) is 0 Å². The summed E-state index contributed by atoms with van der Waals surface area (Å²) in [6.45, 7) is 4.37. The molecule has 0 aliphatic rings. The second-order valence-electron chi connectivity index (χ2n) is 17.1. The summed E-state index contributed by atoms with van der Waals surface area (Å²) in [5.41, 5.74) is 0. The standard InChI is InChI=1S/C48H90NO8P/c1-6-8-10-12-14-16-18-20-22-23-24-25-27-29-31-33-35-37-39-41-48(51)57-46(45-56-58(52,53)55-43-42-49(3,4)5)44-54-47(50)40-38-36-34-32-30-28-26-21-19-17-15-13-11-9-7-2/h14,16,20,22,34,36,46H,6-13,15,17-19,21,23-33,35,37-45H2,1-5H3/p+1/b16-14+,22-20+,36-34+/t46-/m1/s1. The number of likely N-dealkylation sites (N-methyl/N-ethyl adjacent to an activating group) is 1. The normalized spacial score (nSPS) is 13.8. The molecule has 0 saturated carbocycles. The summed E-state index contributed by atoms with van der Waals surface area (Å²) in [6, 6.07) is 0. The molecule has 1 unspecified atom stereocenters. The van der Waals surface area contributed by atoms with Crippen molar-refractivity contribution in [1.82, 2.24) is 0 Å². The van der Waals surface area contributed by atoms with Crippen LogP contribution in [-0.4, -0.2) is 74.9 Å². The van der Waals surface area contributed by atoms with Gasteiger partial charge in [0.2, 0.25) is 0 Å². The number of rotatable bonds is 43. The average molecular weight is 841 g/mol. The van der Waals surface area contributed by atoms with Crippen molar-refractivity contribution in [3.8, 4) is 0 Å². The van der Waals surface area contributed by atoms with Crippen LogP contribution in [0.2, 0.25) is 0 Å². The zero-order valence-electron chi connectivity index (χ0n) is 38.3. The van der Waals surface area contributed by atoms with Crippen molar-refractivity contribution in [2.75, 3.05) is 47.5 Å². The number of carbonyl (C=O) groups excluding carboxylic acids is 2. The second kappa shape index (κ2) is 40.6. The van der Waals surface area contributed by atoms with E-state index in [2.05, 4.69) is 44.2 Å². The number of unbranched alkanes of at least 4 members (excludes halogenated alkanes) is 23. The fourth-order valence-corrected chi connectivity index (χ4v) is 7.16. The van der Waals surface area contributed by atoms with Gasteiger partial charge in [-0.1, -0.05) is 172 Å². The first-order valence-electron chi connectivity index (χ1n) is 23.7. The van der Waals surface area contributed by atoms with Crippen LogP contribution in [0.1, 0.15) is 206 Å². The van der Waals surface area contributed by atoms with Crippen molar-refractivity contribution in [3.63, 3.8) is 0 Å². The third-order valence-corrected chi connectivity index (χ3v) is 11.1. The Morgan fingerprint density at radius 2 is 0.966 bits per heavy atom. The Kier molecular flexibility index (Phi) is 39.4. The van der Waals surface area contributed by atoms with Crippen molar-refractivity contribution >= 4 is 19.8 Å². The van der Waals surface area contributed by atoms with E-state index in [1.165, 1.54) is 122 Å². The molecule has 9 nitrogen and oxygen atoms in total. The van der Waals surface area contributed by atoms with Crippen LogP contribution in [0.3, 0.4) is 0 Å². The van der Waals surface area contributed by atoms with Crippen molar-refractivity contribution < 1.29 is 42.1 Å². The molecule has 0 aromatic rings. The monoisotopic (exact) mass is 841 g/mol. The van der Waals surface area contributed by atoms with Crippen LogP contribution in [0.15, 0.2) is 36.5 Å². The number of phosphoric ester groups is 1. The topological polar surface area (TPSA) is 108 Å². The number of hydrogen-bond acceptors (Lipinski definition) is 7. The van der Waals surface area contributed by atoms with Gasteiger partial charge in [0.05, 0.1) is 27.7 Å². The highest BCUT2D eigenvalue weighted by atomic mass is 31.2. The molecule has 0 rings (SSSR count). The van der Waals surface area contributed by atoms with Gasteiger partial charge in [0.15, 0.2) is 6.10 Å². The Bertz CT molecular complexity index is 1090. The number of esters is 2. The maximum absolute atomic E-state index is 12.7. The van der Waals surface area contributed by atoms with Crippen molar-refractivity contribution in [2.24, 2.45) is 0 Å². The molecule has 0 aromatic heterocycles. The van der Waals surface area contributed by atoms with E-state index in [1.807, 2.05) is 27.2 Å². The first kappa shape index (κ1) is 56.2. The molecule has 340 valence electrons. The number of allylic oxidation sites excluding steroid dienone is 6. The van der Waals surface area contributed by atoms with Crippen molar-refractivity contribution in [2.45, 2.75) is 213 Å². The lowest BCUT2D eigenvalue weighted by Crippen LogP contribution is -2.37. The smallest absolute Gasteiger partial charge is 0.462 e. The number of quaternary nitrogens is 1. The second-order valence-corrected chi connectivity index (χ2v) is 18.6. The minimum atomic E-state index is -4.38. The van der Waals surface area contributed by atoms with Gasteiger partial charge in [0, 0.05) is 12.8 Å². The quantitative estimate of drug-likeness (QED) is 0.0213. The lowest BCUT2D eigenvalue weighted by Gasteiger charge is -2.24. The van der Waals surface area contributed by atoms with Crippen LogP contribution in [0.5, 0.6) is 0 Å². The number of phosphoric acid groups is 1. The lowest BCUT2D eigenvalue weighted by molar-refractivity contribution is -0.870. The molecular formula is C48H91NO8P+. The lowest BCUT2D eigenvalue weighted by atomic mass is 10.1. The Labute approximate surface area is 357 Å². The fraction of sp³-hybridized carbons (Fsp3) is 0.833. The molecule has 10 heteroatoms. The molecule has 0 fully saturated rings. The first-order chi connectivity index (χ1) is 28.0. The highest BCUT2D eigenvalue weighted by Gasteiger charge is 2.27. The van der Waals surface area contributed by atoms with Crippen LogP contribution in [-0.2, 0) is 32.7 Å². The molecule has 0 saturated heterocycles. The number of carbonyl (C=O) groups is 2. The maximum Gasteiger partial charge on any atom is 0.472 e. The zero-order valence-corrected chi connectivity index (χ0v) is 39.2. The third-order valence-electron chi connectivity index (χ3n) is 10.2. The predicted molar refractivity (Wildman–Crippen MR) is 243 cm³/mol. The summed E-state index contributed by atoms with van der Waals surface area (Å²) in [4.78, 5) is 35.4. The van der Waals surface area contributed by atoms with Gasteiger partial charge in [-0.25, -0.2) is 4.57 Å². The van der Waals surface area contributed by atoms with Gasteiger partial charge in [-0.2, -0.15) is 0 Å². The van der Waals surface area contributed by atoms with E-state index in [4.69, 9.17) is 18.5 Å². The minimum Gasteiger partial charge on any atom is -0.462 e. The highest BCUT2D eigenvalue weighted by molar-refractivity contribution is 7.47. The third kappa shape index (κ3) is 43.8. The molecule has 0 radical (unpaired) electrons. The summed E-state index contributed by atoms with van der Waals surface area (Å²) in [5, 5.41) is 0. The minimum absolute atomic E-state index is 0.0264. The number of hydrogen-bond donors (Lipinski definition) is 1. The highest BCUT2D eigenvalue weighted by Crippen LogP contribution is 2.43. The van der Waals surface area contributed by atoms with Crippen LogP contribution in [0, 0.1) is 0 Å². The molecular weight excluding hydrogens is 750 g/mol. The van der Waals surface area contributed by atoms with Crippen molar-refractivity contribution in [3.05, 3.63) is 36.5 Å². The summed E-state index contributed by atoms with van der Waals surface area (Å²) >= 11 is 0. The van der Waals surface area contributed by atoms with E-state index in [9.17, 15) is 19.0 Å². The summed E-state index contributed by atoms with van der Waals surface area (Å²) in [7, 11) is 1.46. The SMILES string of the molecule is CCCCC/C=C/C/C=C/CCCCCCCCCCCC(=O)O[C@H](COC(=O)CC/C=C/CCCCCCCCCCCCC)COP(=O)(O)OCC[N+](C)(C)C. The Morgan fingerprint density at radius 1 is 0.534 bits per heavy atom. The molecule has 0 amide bonds. The van der Waals surface area contributed by atoms with Crippen LogP contribution in [0.25, 0.3) is 0 Å². The van der Waals surface area contributed by atoms with E-state index < -0.39 is 32.5 Å². The van der Waals surface area contributed by atoms with E-state index in [0.29, 0.717) is 23.9 Å². The predicted octanol–water partition coefficient (Wildman–Crippen LogP) is 13.7. The summed E-state index contributed by atoms with van der Waals surface area (Å²) in [6.07, 6.45) is 46.3. The molecule has 58 heavy (non-hydrogen) atoms. The summed E-state index contributed by atoms with van der Waals surface area (Å²) in [5.74, 6) is -0.856. The van der Waals surface area contributed by atoms with E-state index >= 15 is 0 Å². The van der Waals surface area contributed by atoms with Gasteiger partial charge in [0.25, 0.3) is 0 Å². The molecule has 0 heterocycles. The largest absolute Gasteiger partial charge is 0.472 e. The first-order valence-corrected chi connectivity index (χ1v) is 25.2. The summed E-state index contributed by atoms with van der Waals surface area (Å²) < 4.78 is 34.3. The van der Waals surface area contributed by atoms with Crippen molar-refractivity contribution in [1.29, 1.82) is 0 Å². The average Bonchev–Trinajstić information content (AvgIpc) is 3.17. The van der Waals surface area contributed by atoms with Gasteiger partial charge in [-0.3, -0.25) is 18.6 Å². The van der Waals surface area contributed by atoms with Gasteiger partial charge in [-0.05, 0) is 57.8 Å². The molecule has 1 N–H and O–H groups in total. The number of ether oxygens (including phenoxy) is 2. The van der Waals surface area contributed by atoms with Crippen LogP contribution in [0.4, 0.5) is 0 Å². The maximum atomic E-state index is 12.7. The number of nitrogens with zero attached hydrogens (tertiary/aromatic N) is 1. The Hall–Kier alpha value is -1.77. The molecule has 2 atom stereocenters. The van der Waals surface area contributed by atoms with Gasteiger partial charge in [0.1, 0.15) is 19.8 Å². The zero-order chi connectivity index (χ0) is 42.8. The molecule has 0 aliphatic carbocycles. The Balaban J connectivity index is 4.34.